The summed E-state index contributed by atoms with van der Waals surface area (Å²) in [6.45, 7) is 0.535. The van der Waals surface area contributed by atoms with E-state index in [-0.39, 0.29) is 5.91 Å². The maximum atomic E-state index is 10.9. The number of hydrogen-bond acceptors (Lipinski definition) is 2. The Labute approximate surface area is 128 Å². The number of nitrogens with one attached hydrogen (secondary N) is 1. The second kappa shape index (κ2) is 6.35. The van der Waals surface area contributed by atoms with Gasteiger partial charge in [0.2, 0.25) is 5.91 Å². The maximum absolute atomic E-state index is 10.9. The number of ether oxygens (including phenoxy) is 1. The van der Waals surface area contributed by atoms with Crippen LogP contribution in [-0.4, -0.2) is 10.9 Å². The van der Waals surface area contributed by atoms with E-state index in [2.05, 4.69) is 4.98 Å². The number of carbonyl (C=O) groups is 1. The normalized spacial score (nSPS) is 10.7. The number of hydrogen-bond donors (Lipinski definition) is 2. The number of rotatable bonds is 6. The van der Waals surface area contributed by atoms with Crippen LogP contribution in [0.25, 0.3) is 10.9 Å². The number of fused-ring (bicyclic) bond motifs is 1. The first-order chi connectivity index (χ1) is 10.7. The Morgan fingerprint density at radius 3 is 2.73 bits per heavy atom. The quantitative estimate of drug-likeness (QED) is 0.733. The van der Waals surface area contributed by atoms with Gasteiger partial charge in [-0.1, -0.05) is 30.3 Å². The van der Waals surface area contributed by atoms with Gasteiger partial charge < -0.3 is 15.5 Å². The molecule has 22 heavy (non-hydrogen) atoms. The lowest BCUT2D eigenvalue weighted by molar-refractivity contribution is -0.117. The third kappa shape index (κ3) is 3.28. The molecule has 2 aromatic carbocycles. The van der Waals surface area contributed by atoms with Crippen molar-refractivity contribution in [3.05, 3.63) is 65.9 Å². The third-order valence-corrected chi connectivity index (χ3v) is 3.63. The molecule has 3 N–H and O–H groups in total. The van der Waals surface area contributed by atoms with Crippen LogP contribution in [0.4, 0.5) is 0 Å². The lowest BCUT2D eigenvalue weighted by Gasteiger charge is -2.07. The molecule has 0 bridgehead atoms. The van der Waals surface area contributed by atoms with Crippen molar-refractivity contribution >= 4 is 16.8 Å². The van der Waals surface area contributed by atoms with Crippen molar-refractivity contribution in [3.8, 4) is 5.75 Å². The highest BCUT2D eigenvalue weighted by molar-refractivity contribution is 5.85. The average Bonchev–Trinajstić information content (AvgIpc) is 2.94. The first-order valence-corrected chi connectivity index (χ1v) is 7.27. The Morgan fingerprint density at radius 1 is 1.14 bits per heavy atom. The van der Waals surface area contributed by atoms with Crippen molar-refractivity contribution in [2.24, 2.45) is 5.73 Å². The van der Waals surface area contributed by atoms with Crippen LogP contribution in [0.2, 0.25) is 0 Å². The molecule has 0 saturated heterocycles. The molecule has 0 unspecified atom stereocenters. The zero-order valence-electron chi connectivity index (χ0n) is 12.2. The van der Waals surface area contributed by atoms with Crippen LogP contribution in [0.3, 0.4) is 0 Å². The van der Waals surface area contributed by atoms with Gasteiger partial charge in [-0.15, -0.1) is 0 Å². The van der Waals surface area contributed by atoms with E-state index in [4.69, 9.17) is 10.5 Å². The summed E-state index contributed by atoms with van der Waals surface area (Å²) in [4.78, 5) is 14.1. The molecule has 3 rings (SSSR count). The molecule has 0 atom stereocenters. The molecule has 0 spiro atoms. The fourth-order valence-corrected chi connectivity index (χ4v) is 2.45. The Kier molecular flexibility index (Phi) is 4.10. The van der Waals surface area contributed by atoms with Gasteiger partial charge in [-0.3, -0.25) is 4.79 Å². The van der Waals surface area contributed by atoms with Crippen LogP contribution in [-0.2, 0) is 17.8 Å². The van der Waals surface area contributed by atoms with Crippen molar-refractivity contribution < 1.29 is 9.53 Å². The van der Waals surface area contributed by atoms with Crippen molar-refractivity contribution in [2.45, 2.75) is 19.4 Å². The predicted octanol–water partition coefficient (Wildman–Crippen LogP) is 3.16. The number of aromatic nitrogens is 1. The van der Waals surface area contributed by atoms with Crippen molar-refractivity contribution in [3.63, 3.8) is 0 Å². The summed E-state index contributed by atoms with van der Waals surface area (Å²) >= 11 is 0. The Morgan fingerprint density at radius 2 is 1.95 bits per heavy atom. The first-order valence-electron chi connectivity index (χ1n) is 7.27. The molecule has 0 aliphatic rings. The number of H-pyrrole nitrogens is 1. The number of primary amides is 1. The fourth-order valence-electron chi connectivity index (χ4n) is 2.45. The van der Waals surface area contributed by atoms with E-state index in [1.807, 2.05) is 54.7 Å². The third-order valence-electron chi connectivity index (χ3n) is 3.63. The summed E-state index contributed by atoms with van der Waals surface area (Å²) in [5.41, 5.74) is 8.47. The summed E-state index contributed by atoms with van der Waals surface area (Å²) in [5.74, 6) is 0.530. The minimum atomic E-state index is -0.286. The number of aromatic amines is 1. The number of carbonyl (C=O) groups excluding carboxylic acids is 1. The minimum Gasteiger partial charge on any atom is -0.489 e. The molecule has 4 nitrogen and oxygen atoms in total. The maximum Gasteiger partial charge on any atom is 0.217 e. The number of benzene rings is 2. The topological polar surface area (TPSA) is 68.1 Å². The average molecular weight is 294 g/mol. The van der Waals surface area contributed by atoms with Crippen molar-refractivity contribution in [2.75, 3.05) is 0 Å². The molecule has 112 valence electrons. The molecule has 1 heterocycles. The van der Waals surface area contributed by atoms with E-state index in [9.17, 15) is 4.79 Å². The molecular weight excluding hydrogens is 276 g/mol. The zero-order chi connectivity index (χ0) is 15.4. The number of nitrogens with two attached hydrogens (primary N) is 1. The minimum absolute atomic E-state index is 0.286. The Balaban J connectivity index is 1.76. The van der Waals surface area contributed by atoms with Crippen LogP contribution in [0.5, 0.6) is 5.75 Å². The largest absolute Gasteiger partial charge is 0.489 e. The van der Waals surface area contributed by atoms with E-state index < -0.39 is 0 Å². The van der Waals surface area contributed by atoms with Crippen LogP contribution < -0.4 is 10.5 Å². The predicted molar refractivity (Wildman–Crippen MR) is 86.6 cm³/mol. The van der Waals surface area contributed by atoms with Gasteiger partial charge in [0, 0.05) is 23.5 Å². The van der Waals surface area contributed by atoms with Gasteiger partial charge in [-0.25, -0.2) is 0 Å². The number of aryl methyl sites for hydroxylation is 1. The molecule has 3 aromatic rings. The molecular formula is C18H18N2O2. The van der Waals surface area contributed by atoms with Gasteiger partial charge >= 0.3 is 0 Å². The molecule has 1 aromatic heterocycles. The molecule has 0 fully saturated rings. The second-order valence-corrected chi connectivity index (χ2v) is 5.26. The second-order valence-electron chi connectivity index (χ2n) is 5.26. The van der Waals surface area contributed by atoms with Gasteiger partial charge in [-0.05, 0) is 35.7 Å². The molecule has 0 radical (unpaired) electrons. The highest BCUT2D eigenvalue weighted by Crippen LogP contribution is 2.25. The fraction of sp³-hybridized carbons (Fsp3) is 0.167. The van der Waals surface area contributed by atoms with Gasteiger partial charge in [0.15, 0.2) is 0 Å². The molecule has 0 aliphatic heterocycles. The SMILES string of the molecule is NC(=O)CCc1c[nH]c2ccc(OCc3ccccc3)cc12. The van der Waals surface area contributed by atoms with Crippen LogP contribution >= 0.6 is 0 Å². The van der Waals surface area contributed by atoms with Gasteiger partial charge in [-0.2, -0.15) is 0 Å². The van der Waals surface area contributed by atoms with Gasteiger partial charge in [0.05, 0.1) is 0 Å². The van der Waals surface area contributed by atoms with Crippen LogP contribution in [0, 0.1) is 0 Å². The standard InChI is InChI=1S/C18H18N2O2/c19-18(21)9-6-14-11-20-17-8-7-15(10-16(14)17)22-12-13-4-2-1-3-5-13/h1-5,7-8,10-11,20H,6,9,12H2,(H2,19,21). The lowest BCUT2D eigenvalue weighted by atomic mass is 10.1. The van der Waals surface area contributed by atoms with E-state index >= 15 is 0 Å². The highest BCUT2D eigenvalue weighted by Gasteiger charge is 2.07. The monoisotopic (exact) mass is 294 g/mol. The van der Waals surface area contributed by atoms with E-state index in [0.29, 0.717) is 19.4 Å². The lowest BCUT2D eigenvalue weighted by Crippen LogP contribution is -2.10. The summed E-state index contributed by atoms with van der Waals surface area (Å²) in [5, 5.41) is 1.08. The molecule has 0 aliphatic carbocycles. The first kappa shape index (κ1) is 14.2. The summed E-state index contributed by atoms with van der Waals surface area (Å²) in [6.07, 6.45) is 2.91. The van der Waals surface area contributed by atoms with Crippen LogP contribution in [0.15, 0.2) is 54.7 Å². The molecule has 0 saturated carbocycles. The Bertz CT molecular complexity index is 778. The van der Waals surface area contributed by atoms with E-state index in [0.717, 1.165) is 27.8 Å². The zero-order valence-corrected chi connectivity index (χ0v) is 12.2. The van der Waals surface area contributed by atoms with Crippen molar-refractivity contribution in [1.29, 1.82) is 0 Å². The molecule has 4 heteroatoms. The van der Waals surface area contributed by atoms with Gasteiger partial charge in [0.25, 0.3) is 0 Å². The summed E-state index contributed by atoms with van der Waals surface area (Å²) in [6, 6.07) is 16.0. The van der Waals surface area contributed by atoms with E-state index in [1.165, 1.54) is 0 Å². The van der Waals surface area contributed by atoms with Gasteiger partial charge in [0.1, 0.15) is 12.4 Å². The Hall–Kier alpha value is -2.75. The smallest absolute Gasteiger partial charge is 0.217 e. The summed E-state index contributed by atoms with van der Waals surface area (Å²) < 4.78 is 5.84. The molecule has 1 amide bonds. The summed E-state index contributed by atoms with van der Waals surface area (Å²) in [7, 11) is 0. The van der Waals surface area contributed by atoms with E-state index in [1.54, 1.807) is 0 Å². The highest BCUT2D eigenvalue weighted by atomic mass is 16.5. The van der Waals surface area contributed by atoms with Crippen molar-refractivity contribution in [1.82, 2.24) is 4.98 Å². The van der Waals surface area contributed by atoms with Crippen LogP contribution in [0.1, 0.15) is 17.5 Å². The number of amides is 1.